The molecule has 4 nitrogen and oxygen atoms in total. The Bertz CT molecular complexity index is 742. The summed E-state index contributed by atoms with van der Waals surface area (Å²) in [6.07, 6.45) is 0. The van der Waals surface area contributed by atoms with E-state index in [9.17, 15) is 9.90 Å². The summed E-state index contributed by atoms with van der Waals surface area (Å²) in [5.41, 5.74) is 2.24. The van der Waals surface area contributed by atoms with Crippen molar-refractivity contribution in [2.45, 2.75) is 45.6 Å². The third-order valence-corrected chi connectivity index (χ3v) is 5.09. The Morgan fingerprint density at radius 3 is 2.48 bits per heavy atom. The minimum absolute atomic E-state index is 0.0236. The van der Waals surface area contributed by atoms with Gasteiger partial charge in [0, 0.05) is 36.5 Å². The molecule has 0 radical (unpaired) electrons. The van der Waals surface area contributed by atoms with E-state index >= 15 is 0 Å². The average Bonchev–Trinajstić information content (AvgIpc) is 3.13. The molecule has 3 rings (SSSR count). The molecule has 0 amide bonds. The van der Waals surface area contributed by atoms with Crippen LogP contribution in [0, 0.1) is 12.8 Å². The maximum Gasteiger partial charge on any atom is 0.308 e. The van der Waals surface area contributed by atoms with Gasteiger partial charge in [-0.05, 0) is 18.6 Å². The Balaban J connectivity index is 1.79. The zero-order valence-corrected chi connectivity index (χ0v) is 15.5. The van der Waals surface area contributed by atoms with Gasteiger partial charge in [-0.3, -0.25) is 9.69 Å². The van der Waals surface area contributed by atoms with E-state index < -0.39 is 5.97 Å². The van der Waals surface area contributed by atoms with Crippen molar-refractivity contribution in [2.24, 2.45) is 5.92 Å². The number of carboxylic acids is 1. The lowest BCUT2D eigenvalue weighted by atomic mass is 9.89. The highest BCUT2D eigenvalue weighted by Crippen LogP contribution is 2.35. The van der Waals surface area contributed by atoms with Crippen LogP contribution in [0.3, 0.4) is 0 Å². The van der Waals surface area contributed by atoms with E-state index in [1.54, 1.807) is 0 Å². The molecule has 0 spiro atoms. The number of carbonyl (C=O) groups is 1. The predicted molar refractivity (Wildman–Crippen MR) is 97.7 cm³/mol. The van der Waals surface area contributed by atoms with Gasteiger partial charge in [-0.25, -0.2) is 0 Å². The second-order valence-corrected chi connectivity index (χ2v) is 8.10. The molecule has 1 saturated heterocycles. The van der Waals surface area contributed by atoms with Gasteiger partial charge in [-0.1, -0.05) is 51.1 Å². The van der Waals surface area contributed by atoms with Crippen LogP contribution in [0.2, 0.25) is 0 Å². The monoisotopic (exact) mass is 341 g/mol. The smallest absolute Gasteiger partial charge is 0.308 e. The van der Waals surface area contributed by atoms with Gasteiger partial charge >= 0.3 is 5.97 Å². The molecule has 2 atom stereocenters. The highest BCUT2D eigenvalue weighted by molar-refractivity contribution is 5.72. The first kappa shape index (κ1) is 17.7. The molecule has 2 heterocycles. The molecule has 0 aliphatic carbocycles. The van der Waals surface area contributed by atoms with Gasteiger partial charge in [0.15, 0.2) is 0 Å². The van der Waals surface area contributed by atoms with Crippen LogP contribution in [0.4, 0.5) is 0 Å². The second-order valence-electron chi connectivity index (χ2n) is 8.10. The van der Waals surface area contributed by atoms with E-state index in [4.69, 9.17) is 4.42 Å². The van der Waals surface area contributed by atoms with Gasteiger partial charge in [0.25, 0.3) is 0 Å². The maximum absolute atomic E-state index is 11.7. The summed E-state index contributed by atoms with van der Waals surface area (Å²) >= 11 is 0. The molecule has 1 N–H and O–H groups in total. The van der Waals surface area contributed by atoms with E-state index in [1.165, 1.54) is 0 Å². The van der Waals surface area contributed by atoms with Crippen molar-refractivity contribution in [1.29, 1.82) is 0 Å². The first-order valence-corrected chi connectivity index (χ1v) is 8.85. The van der Waals surface area contributed by atoms with E-state index in [-0.39, 0.29) is 17.3 Å². The molecule has 1 aliphatic rings. The van der Waals surface area contributed by atoms with Crippen LogP contribution in [-0.2, 0) is 16.8 Å². The molecule has 134 valence electrons. The minimum Gasteiger partial charge on any atom is -0.481 e. The number of nitrogens with zero attached hydrogens (tertiary/aromatic N) is 1. The van der Waals surface area contributed by atoms with Crippen LogP contribution in [0.5, 0.6) is 0 Å². The first-order chi connectivity index (χ1) is 11.8. The van der Waals surface area contributed by atoms with Crippen LogP contribution in [0.1, 0.15) is 49.3 Å². The molecule has 0 saturated carbocycles. The Morgan fingerprint density at radius 1 is 1.24 bits per heavy atom. The standard InChI is InChI=1S/C21H27NO3/c1-14-16(10-19(25-14)21(2,3)4)11-22-12-17(18(13-22)20(23)24)15-8-6-5-7-9-15/h5-10,17-18H,11-13H2,1-4H3,(H,23,24)/t17-,18+/m1/s1. The zero-order chi connectivity index (χ0) is 18.2. The number of hydrogen-bond donors (Lipinski definition) is 1. The van der Waals surface area contributed by atoms with E-state index in [0.717, 1.165) is 35.7 Å². The van der Waals surface area contributed by atoms with Crippen molar-refractivity contribution in [2.75, 3.05) is 13.1 Å². The Hall–Kier alpha value is -2.07. The number of aliphatic carboxylic acids is 1. The fourth-order valence-electron chi connectivity index (χ4n) is 3.59. The number of benzene rings is 1. The first-order valence-electron chi connectivity index (χ1n) is 8.85. The van der Waals surface area contributed by atoms with E-state index in [2.05, 4.69) is 31.7 Å². The molecule has 25 heavy (non-hydrogen) atoms. The number of hydrogen-bond acceptors (Lipinski definition) is 3. The highest BCUT2D eigenvalue weighted by atomic mass is 16.4. The van der Waals surface area contributed by atoms with Gasteiger partial charge in [-0.2, -0.15) is 0 Å². The molecule has 1 aromatic carbocycles. The van der Waals surface area contributed by atoms with E-state index in [0.29, 0.717) is 6.54 Å². The number of rotatable bonds is 4. The number of carboxylic acid groups (broad SMARTS) is 1. The summed E-state index contributed by atoms with van der Waals surface area (Å²) < 4.78 is 5.93. The van der Waals surface area contributed by atoms with Crippen molar-refractivity contribution in [3.05, 3.63) is 59.0 Å². The minimum atomic E-state index is -0.712. The number of likely N-dealkylation sites (tertiary alicyclic amines) is 1. The van der Waals surface area contributed by atoms with Crippen molar-refractivity contribution in [3.63, 3.8) is 0 Å². The van der Waals surface area contributed by atoms with Crippen LogP contribution in [0.15, 0.2) is 40.8 Å². The lowest BCUT2D eigenvalue weighted by Gasteiger charge is -2.16. The summed E-state index contributed by atoms with van der Waals surface area (Å²) in [5, 5.41) is 9.65. The summed E-state index contributed by atoms with van der Waals surface area (Å²) in [6, 6.07) is 12.1. The number of furan rings is 1. The third-order valence-electron chi connectivity index (χ3n) is 5.09. The summed E-state index contributed by atoms with van der Waals surface area (Å²) in [5.74, 6) is 0.869. The third kappa shape index (κ3) is 3.79. The van der Waals surface area contributed by atoms with Crippen molar-refractivity contribution < 1.29 is 14.3 Å². The molecular formula is C21H27NO3. The lowest BCUT2D eigenvalue weighted by Crippen LogP contribution is -2.23. The fraction of sp³-hybridized carbons (Fsp3) is 0.476. The van der Waals surface area contributed by atoms with Crippen molar-refractivity contribution in [3.8, 4) is 0 Å². The second kappa shape index (κ2) is 6.68. The molecule has 0 bridgehead atoms. The fourth-order valence-corrected chi connectivity index (χ4v) is 3.59. The molecule has 1 aromatic heterocycles. The molecular weight excluding hydrogens is 314 g/mol. The molecule has 1 aliphatic heterocycles. The van der Waals surface area contributed by atoms with Crippen LogP contribution >= 0.6 is 0 Å². The lowest BCUT2D eigenvalue weighted by molar-refractivity contribution is -0.141. The van der Waals surface area contributed by atoms with Gasteiger partial charge in [-0.15, -0.1) is 0 Å². The van der Waals surface area contributed by atoms with Gasteiger partial charge in [0.1, 0.15) is 11.5 Å². The van der Waals surface area contributed by atoms with Crippen LogP contribution in [0.25, 0.3) is 0 Å². The highest BCUT2D eigenvalue weighted by Gasteiger charge is 2.38. The topological polar surface area (TPSA) is 53.7 Å². The molecule has 2 aromatic rings. The van der Waals surface area contributed by atoms with Gasteiger partial charge in [0.2, 0.25) is 0 Å². The predicted octanol–water partition coefficient (Wildman–Crippen LogP) is 4.19. The van der Waals surface area contributed by atoms with Crippen molar-refractivity contribution in [1.82, 2.24) is 4.90 Å². The summed E-state index contributed by atoms with van der Waals surface area (Å²) in [7, 11) is 0. The molecule has 4 heteroatoms. The Morgan fingerprint density at radius 2 is 1.92 bits per heavy atom. The summed E-state index contributed by atoms with van der Waals surface area (Å²) in [6.45, 7) is 10.5. The van der Waals surface area contributed by atoms with Gasteiger partial charge in [0.05, 0.1) is 5.92 Å². The van der Waals surface area contributed by atoms with Gasteiger partial charge < -0.3 is 9.52 Å². The van der Waals surface area contributed by atoms with Crippen molar-refractivity contribution >= 4 is 5.97 Å². The maximum atomic E-state index is 11.7. The Labute approximate surface area is 149 Å². The quantitative estimate of drug-likeness (QED) is 0.906. The summed E-state index contributed by atoms with van der Waals surface area (Å²) in [4.78, 5) is 14.0. The average molecular weight is 341 g/mol. The Kier molecular flexibility index (Phi) is 4.74. The zero-order valence-electron chi connectivity index (χ0n) is 15.5. The SMILES string of the molecule is Cc1oc(C(C)(C)C)cc1CN1C[C@H](C(=O)O)[C@@H](c2ccccc2)C1. The number of aryl methyl sites for hydroxylation is 1. The van der Waals surface area contributed by atoms with Crippen LogP contribution in [-0.4, -0.2) is 29.1 Å². The molecule has 0 unspecified atom stereocenters. The normalized spacial score (nSPS) is 21.6. The largest absolute Gasteiger partial charge is 0.481 e. The van der Waals surface area contributed by atoms with E-state index in [1.807, 2.05) is 37.3 Å². The molecule has 1 fully saturated rings. The van der Waals surface area contributed by atoms with Crippen LogP contribution < -0.4 is 0 Å².